The van der Waals surface area contributed by atoms with Crippen molar-refractivity contribution < 1.29 is 14.6 Å². The maximum Gasteiger partial charge on any atom is 0.307 e. The van der Waals surface area contributed by atoms with Crippen LogP contribution in [0.2, 0.25) is 0 Å². The lowest BCUT2D eigenvalue weighted by atomic mass is 10.1. The van der Waals surface area contributed by atoms with Crippen LogP contribution in [0, 0.1) is 12.8 Å². The largest absolute Gasteiger partial charge is 0.496 e. The molecule has 0 saturated carbocycles. The molecule has 19 heavy (non-hydrogen) atoms. The van der Waals surface area contributed by atoms with Gasteiger partial charge in [0.2, 0.25) is 0 Å². The first-order valence-corrected chi connectivity index (χ1v) is 6.56. The van der Waals surface area contributed by atoms with Crippen molar-refractivity contribution in [3.8, 4) is 5.75 Å². The highest BCUT2D eigenvalue weighted by molar-refractivity contribution is 5.69. The number of rotatable bonds is 7. The highest BCUT2D eigenvalue weighted by Gasteiger charge is 2.15. The molecule has 0 saturated heterocycles. The molecule has 1 rings (SSSR count). The van der Waals surface area contributed by atoms with Gasteiger partial charge in [-0.2, -0.15) is 0 Å². The zero-order valence-electron chi connectivity index (χ0n) is 12.1. The lowest BCUT2D eigenvalue weighted by Gasteiger charge is -2.23. The minimum absolute atomic E-state index is 0.348. The third kappa shape index (κ3) is 4.56. The van der Waals surface area contributed by atoms with Crippen LogP contribution in [0.25, 0.3) is 0 Å². The Morgan fingerprint density at radius 1 is 1.47 bits per heavy atom. The molecule has 1 unspecified atom stereocenters. The number of carboxylic acids is 1. The van der Waals surface area contributed by atoms with Gasteiger partial charge in [-0.15, -0.1) is 0 Å². The number of carbonyl (C=O) groups is 1. The summed E-state index contributed by atoms with van der Waals surface area (Å²) in [6.07, 6.45) is 0. The molecule has 0 radical (unpaired) electrons. The number of methoxy groups -OCH3 is 1. The van der Waals surface area contributed by atoms with Gasteiger partial charge in [-0.05, 0) is 30.7 Å². The molecular weight excluding hydrogens is 242 g/mol. The van der Waals surface area contributed by atoms with Crippen molar-refractivity contribution in [3.63, 3.8) is 0 Å². The number of hydrogen-bond acceptors (Lipinski definition) is 3. The van der Waals surface area contributed by atoms with Crippen molar-refractivity contribution in [2.24, 2.45) is 5.92 Å². The van der Waals surface area contributed by atoms with Gasteiger partial charge in [0.25, 0.3) is 0 Å². The summed E-state index contributed by atoms with van der Waals surface area (Å²) in [5, 5.41) is 8.96. The summed E-state index contributed by atoms with van der Waals surface area (Å²) in [6.45, 7) is 7.96. The van der Waals surface area contributed by atoms with Gasteiger partial charge >= 0.3 is 5.97 Å². The zero-order valence-corrected chi connectivity index (χ0v) is 12.1. The van der Waals surface area contributed by atoms with Gasteiger partial charge in [0.05, 0.1) is 13.0 Å². The van der Waals surface area contributed by atoms with Crippen LogP contribution in [0.15, 0.2) is 18.2 Å². The Labute approximate surface area is 115 Å². The normalized spacial score (nSPS) is 12.5. The van der Waals surface area contributed by atoms with Crippen LogP contribution in [-0.4, -0.2) is 36.2 Å². The van der Waals surface area contributed by atoms with E-state index in [0.29, 0.717) is 6.54 Å². The van der Waals surface area contributed by atoms with Gasteiger partial charge in [0, 0.05) is 13.1 Å². The second kappa shape index (κ2) is 7.14. The molecule has 106 valence electrons. The molecule has 4 heteroatoms. The third-order valence-electron chi connectivity index (χ3n) is 3.27. The molecule has 4 nitrogen and oxygen atoms in total. The smallest absolute Gasteiger partial charge is 0.307 e. The van der Waals surface area contributed by atoms with Gasteiger partial charge in [-0.3, -0.25) is 9.69 Å². The zero-order chi connectivity index (χ0) is 14.4. The SMILES string of the molecule is CCN(Cc1ccc(OC)c(C)c1)CC(C)C(=O)O. The first kappa shape index (κ1) is 15.5. The molecule has 0 aliphatic carbocycles. The Bertz CT molecular complexity index is 431. The summed E-state index contributed by atoms with van der Waals surface area (Å²) in [6, 6.07) is 6.08. The number of ether oxygens (including phenoxy) is 1. The molecule has 0 fully saturated rings. The lowest BCUT2D eigenvalue weighted by molar-refractivity contribution is -0.141. The summed E-state index contributed by atoms with van der Waals surface area (Å²) in [4.78, 5) is 13.0. The number of nitrogens with zero attached hydrogens (tertiary/aromatic N) is 1. The van der Waals surface area contributed by atoms with Crippen molar-refractivity contribution in [2.75, 3.05) is 20.2 Å². The fraction of sp³-hybridized carbons (Fsp3) is 0.533. The Morgan fingerprint density at radius 2 is 2.16 bits per heavy atom. The number of aliphatic carboxylic acids is 1. The molecule has 0 amide bonds. The highest BCUT2D eigenvalue weighted by atomic mass is 16.5. The van der Waals surface area contributed by atoms with Crippen LogP contribution in [-0.2, 0) is 11.3 Å². The molecule has 0 heterocycles. The van der Waals surface area contributed by atoms with E-state index in [4.69, 9.17) is 9.84 Å². The van der Waals surface area contributed by atoms with E-state index < -0.39 is 5.97 Å². The van der Waals surface area contributed by atoms with Crippen molar-refractivity contribution in [1.29, 1.82) is 0 Å². The van der Waals surface area contributed by atoms with Crippen molar-refractivity contribution in [1.82, 2.24) is 4.90 Å². The van der Waals surface area contributed by atoms with Crippen molar-refractivity contribution in [3.05, 3.63) is 29.3 Å². The fourth-order valence-corrected chi connectivity index (χ4v) is 2.07. The molecule has 1 atom stereocenters. The average molecular weight is 265 g/mol. The van der Waals surface area contributed by atoms with Crippen molar-refractivity contribution >= 4 is 5.97 Å². The van der Waals surface area contributed by atoms with E-state index in [-0.39, 0.29) is 5.92 Å². The van der Waals surface area contributed by atoms with E-state index in [9.17, 15) is 4.79 Å². The molecule has 1 N–H and O–H groups in total. The second-order valence-corrected chi connectivity index (χ2v) is 4.87. The van der Waals surface area contributed by atoms with E-state index in [1.165, 1.54) is 5.56 Å². The first-order valence-electron chi connectivity index (χ1n) is 6.56. The Hall–Kier alpha value is -1.55. The molecule has 0 aromatic heterocycles. The van der Waals surface area contributed by atoms with E-state index >= 15 is 0 Å². The van der Waals surface area contributed by atoms with Gasteiger partial charge in [0.15, 0.2) is 0 Å². The van der Waals surface area contributed by atoms with E-state index in [1.54, 1.807) is 14.0 Å². The molecule has 0 spiro atoms. The first-order chi connectivity index (χ1) is 8.97. The van der Waals surface area contributed by atoms with Crippen LogP contribution >= 0.6 is 0 Å². The average Bonchev–Trinajstić information content (AvgIpc) is 2.37. The van der Waals surface area contributed by atoms with Crippen LogP contribution in [0.4, 0.5) is 0 Å². The quantitative estimate of drug-likeness (QED) is 0.823. The highest BCUT2D eigenvalue weighted by Crippen LogP contribution is 2.19. The maximum atomic E-state index is 10.9. The summed E-state index contributed by atoms with van der Waals surface area (Å²) < 4.78 is 5.24. The second-order valence-electron chi connectivity index (χ2n) is 4.87. The maximum absolute atomic E-state index is 10.9. The van der Waals surface area contributed by atoms with Gasteiger partial charge in [-0.25, -0.2) is 0 Å². The topological polar surface area (TPSA) is 49.8 Å². The van der Waals surface area contributed by atoms with E-state index in [2.05, 4.69) is 11.0 Å². The van der Waals surface area contributed by atoms with Crippen LogP contribution in [0.3, 0.4) is 0 Å². The molecule has 0 bridgehead atoms. The monoisotopic (exact) mass is 265 g/mol. The summed E-state index contributed by atoms with van der Waals surface area (Å²) in [7, 11) is 1.66. The summed E-state index contributed by atoms with van der Waals surface area (Å²) in [5.74, 6) is -0.214. The van der Waals surface area contributed by atoms with Gasteiger partial charge in [0.1, 0.15) is 5.75 Å². The van der Waals surface area contributed by atoms with E-state index in [1.807, 2.05) is 26.0 Å². The molecule has 0 aliphatic rings. The summed E-state index contributed by atoms with van der Waals surface area (Å²) in [5.41, 5.74) is 2.28. The standard InChI is InChI=1S/C15H23NO3/c1-5-16(9-12(3)15(17)18)10-13-6-7-14(19-4)11(2)8-13/h6-8,12H,5,9-10H2,1-4H3,(H,17,18). The molecule has 0 aliphatic heterocycles. The van der Waals surface area contributed by atoms with Crippen LogP contribution in [0.5, 0.6) is 5.75 Å². The summed E-state index contributed by atoms with van der Waals surface area (Å²) >= 11 is 0. The number of carboxylic acid groups (broad SMARTS) is 1. The molecular formula is C15H23NO3. The molecule has 1 aromatic carbocycles. The number of aryl methyl sites for hydroxylation is 1. The van der Waals surface area contributed by atoms with Crippen LogP contribution in [0.1, 0.15) is 25.0 Å². The Kier molecular flexibility index (Phi) is 5.83. The minimum atomic E-state index is -0.746. The molecule has 1 aromatic rings. The predicted octanol–water partition coefficient (Wildman–Crippen LogP) is 2.55. The van der Waals surface area contributed by atoms with Gasteiger partial charge < -0.3 is 9.84 Å². The number of hydrogen-bond donors (Lipinski definition) is 1. The van der Waals surface area contributed by atoms with Gasteiger partial charge in [-0.1, -0.05) is 26.0 Å². The third-order valence-corrected chi connectivity index (χ3v) is 3.27. The van der Waals surface area contributed by atoms with Crippen molar-refractivity contribution in [2.45, 2.75) is 27.3 Å². The van der Waals surface area contributed by atoms with E-state index in [0.717, 1.165) is 24.4 Å². The fourth-order valence-electron chi connectivity index (χ4n) is 2.07. The van der Waals surface area contributed by atoms with Crippen LogP contribution < -0.4 is 4.74 Å². The Morgan fingerprint density at radius 3 is 2.63 bits per heavy atom. The minimum Gasteiger partial charge on any atom is -0.496 e. The Balaban J connectivity index is 2.70. The number of benzene rings is 1. The lowest BCUT2D eigenvalue weighted by Crippen LogP contribution is -2.31. The predicted molar refractivity (Wildman–Crippen MR) is 75.5 cm³/mol.